The van der Waals surface area contributed by atoms with Crippen LogP contribution in [0.2, 0.25) is 0 Å². The van der Waals surface area contributed by atoms with Crippen LogP contribution in [0.3, 0.4) is 0 Å². The van der Waals surface area contributed by atoms with Crippen LogP contribution in [0.5, 0.6) is 0 Å². The van der Waals surface area contributed by atoms with Gasteiger partial charge in [0.1, 0.15) is 0 Å². The van der Waals surface area contributed by atoms with Gasteiger partial charge in [-0.15, -0.1) is 23.5 Å². The molecule has 1 heterocycles. The first kappa shape index (κ1) is 16.6. The van der Waals surface area contributed by atoms with Crippen molar-refractivity contribution >= 4 is 29.4 Å². The highest BCUT2D eigenvalue weighted by molar-refractivity contribution is 8.21. The molecule has 3 saturated carbocycles. The third kappa shape index (κ3) is 3.19. The fourth-order valence-corrected chi connectivity index (χ4v) is 9.48. The van der Waals surface area contributed by atoms with Gasteiger partial charge < -0.3 is 5.32 Å². The van der Waals surface area contributed by atoms with Crippen LogP contribution in [0.1, 0.15) is 64.7 Å². The van der Waals surface area contributed by atoms with Crippen LogP contribution in [0.4, 0.5) is 0 Å². The molecular formula is C19H31NOS2. The number of thioether (sulfide) groups is 2. The lowest BCUT2D eigenvalue weighted by Gasteiger charge is -2.52. The molecule has 4 aliphatic rings. The predicted octanol–water partition coefficient (Wildman–Crippen LogP) is 4.68. The highest BCUT2D eigenvalue weighted by atomic mass is 32.2. The van der Waals surface area contributed by atoms with E-state index in [0.717, 1.165) is 30.6 Å². The Morgan fingerprint density at radius 2 is 1.57 bits per heavy atom. The molecule has 130 valence electrons. The van der Waals surface area contributed by atoms with Crippen molar-refractivity contribution in [2.45, 2.75) is 74.8 Å². The van der Waals surface area contributed by atoms with Gasteiger partial charge in [0.05, 0.1) is 4.08 Å². The molecule has 1 amide bonds. The number of nitrogens with one attached hydrogen (secondary N) is 1. The lowest BCUT2D eigenvalue weighted by molar-refractivity contribution is -0.128. The summed E-state index contributed by atoms with van der Waals surface area (Å²) in [7, 11) is 0. The molecule has 1 spiro atoms. The average molecular weight is 354 g/mol. The molecule has 0 aromatic heterocycles. The first-order valence-electron chi connectivity index (χ1n) is 9.75. The zero-order chi connectivity index (χ0) is 15.9. The van der Waals surface area contributed by atoms with Gasteiger partial charge in [-0.05, 0) is 69.1 Å². The van der Waals surface area contributed by atoms with E-state index in [4.69, 9.17) is 0 Å². The maximum Gasteiger partial charge on any atom is 0.223 e. The molecular weight excluding hydrogens is 322 g/mol. The van der Waals surface area contributed by atoms with Crippen LogP contribution in [0.15, 0.2) is 0 Å². The predicted molar refractivity (Wildman–Crippen MR) is 101 cm³/mol. The van der Waals surface area contributed by atoms with Crippen molar-refractivity contribution in [2.24, 2.45) is 23.7 Å². The molecule has 0 radical (unpaired) electrons. The van der Waals surface area contributed by atoms with Crippen molar-refractivity contribution in [3.05, 3.63) is 0 Å². The van der Waals surface area contributed by atoms with E-state index in [0.29, 0.717) is 21.9 Å². The number of amides is 1. The highest BCUT2D eigenvalue weighted by Gasteiger charge is 2.55. The maximum absolute atomic E-state index is 12.9. The molecule has 4 fully saturated rings. The Kier molecular flexibility index (Phi) is 4.93. The van der Waals surface area contributed by atoms with Gasteiger partial charge in [0.25, 0.3) is 0 Å². The van der Waals surface area contributed by atoms with Gasteiger partial charge in [-0.2, -0.15) is 0 Å². The van der Waals surface area contributed by atoms with Crippen molar-refractivity contribution in [1.29, 1.82) is 0 Å². The summed E-state index contributed by atoms with van der Waals surface area (Å²) in [5.74, 6) is 5.78. The number of carbonyl (C=O) groups excluding carboxylic acids is 1. The highest BCUT2D eigenvalue weighted by Crippen LogP contribution is 2.64. The van der Waals surface area contributed by atoms with Crippen LogP contribution >= 0.6 is 23.5 Å². The second-order valence-electron chi connectivity index (χ2n) is 8.38. The van der Waals surface area contributed by atoms with E-state index in [1.54, 1.807) is 0 Å². The van der Waals surface area contributed by atoms with Gasteiger partial charge in [0, 0.05) is 23.5 Å². The monoisotopic (exact) mass is 353 g/mol. The van der Waals surface area contributed by atoms with E-state index in [1.807, 2.05) is 0 Å². The fraction of sp³-hybridized carbons (Fsp3) is 0.947. The van der Waals surface area contributed by atoms with E-state index in [9.17, 15) is 4.79 Å². The molecule has 1 aliphatic heterocycles. The Balaban J connectivity index is 1.38. The zero-order valence-electron chi connectivity index (χ0n) is 14.4. The third-order valence-electron chi connectivity index (χ3n) is 6.85. The Labute approximate surface area is 149 Å². The van der Waals surface area contributed by atoms with E-state index in [2.05, 4.69) is 35.8 Å². The average Bonchev–Trinajstić information content (AvgIpc) is 2.99. The first-order chi connectivity index (χ1) is 11.2. The van der Waals surface area contributed by atoms with Crippen LogP contribution in [-0.2, 0) is 4.79 Å². The van der Waals surface area contributed by atoms with Gasteiger partial charge in [-0.3, -0.25) is 4.79 Å². The number of carbonyl (C=O) groups is 1. The van der Waals surface area contributed by atoms with Crippen molar-refractivity contribution in [3.63, 3.8) is 0 Å². The SMILES string of the molecule is CC1CCC(NC(=O)C2CC3CCCC(C2)C32SCCS2)CC1. The zero-order valence-corrected chi connectivity index (χ0v) is 16.0. The van der Waals surface area contributed by atoms with E-state index >= 15 is 0 Å². The normalized spacial score (nSPS) is 42.6. The van der Waals surface area contributed by atoms with Crippen molar-refractivity contribution in [1.82, 2.24) is 5.32 Å². The summed E-state index contributed by atoms with van der Waals surface area (Å²) in [5.41, 5.74) is 0. The van der Waals surface area contributed by atoms with Crippen molar-refractivity contribution in [3.8, 4) is 0 Å². The van der Waals surface area contributed by atoms with Crippen LogP contribution in [0.25, 0.3) is 0 Å². The molecule has 1 N–H and O–H groups in total. The van der Waals surface area contributed by atoms with Gasteiger partial charge >= 0.3 is 0 Å². The molecule has 2 bridgehead atoms. The summed E-state index contributed by atoms with van der Waals surface area (Å²) in [6, 6.07) is 0.463. The molecule has 4 rings (SSSR count). The molecule has 2 atom stereocenters. The molecule has 4 heteroatoms. The second-order valence-corrected chi connectivity index (χ2v) is 11.4. The van der Waals surface area contributed by atoms with Gasteiger partial charge in [-0.1, -0.05) is 13.3 Å². The van der Waals surface area contributed by atoms with Crippen molar-refractivity contribution < 1.29 is 4.79 Å². The molecule has 1 saturated heterocycles. The summed E-state index contributed by atoms with van der Waals surface area (Å²) < 4.78 is 0.495. The maximum atomic E-state index is 12.9. The number of rotatable bonds is 2. The smallest absolute Gasteiger partial charge is 0.223 e. The van der Waals surface area contributed by atoms with Crippen LogP contribution < -0.4 is 5.32 Å². The molecule has 3 aliphatic carbocycles. The molecule has 2 nitrogen and oxygen atoms in total. The Morgan fingerprint density at radius 1 is 0.957 bits per heavy atom. The summed E-state index contributed by atoms with van der Waals surface area (Å²) in [6.45, 7) is 2.34. The van der Waals surface area contributed by atoms with E-state index in [1.165, 1.54) is 56.5 Å². The van der Waals surface area contributed by atoms with Crippen LogP contribution in [0, 0.1) is 23.7 Å². The quantitative estimate of drug-likeness (QED) is 0.781. The Hall–Kier alpha value is 0.170. The standard InChI is InChI=1S/C19H31NOS2/c1-13-5-7-17(8-6-13)20-18(21)14-11-15-3-2-4-16(12-14)19(15)22-9-10-23-19/h13-17H,2-12H2,1H3,(H,20,21). The summed E-state index contributed by atoms with van der Waals surface area (Å²) >= 11 is 4.48. The van der Waals surface area contributed by atoms with Gasteiger partial charge in [-0.25, -0.2) is 0 Å². The third-order valence-corrected chi connectivity index (χ3v) is 10.9. The van der Waals surface area contributed by atoms with E-state index in [-0.39, 0.29) is 0 Å². The Morgan fingerprint density at radius 3 is 2.17 bits per heavy atom. The number of hydrogen-bond acceptors (Lipinski definition) is 3. The molecule has 0 aromatic rings. The topological polar surface area (TPSA) is 29.1 Å². The Bertz CT molecular complexity index is 425. The largest absolute Gasteiger partial charge is 0.353 e. The fourth-order valence-electron chi connectivity index (χ4n) is 5.55. The van der Waals surface area contributed by atoms with Gasteiger partial charge in [0.2, 0.25) is 5.91 Å². The number of hydrogen-bond donors (Lipinski definition) is 1. The molecule has 23 heavy (non-hydrogen) atoms. The lowest BCUT2D eigenvalue weighted by Crippen LogP contribution is -2.51. The van der Waals surface area contributed by atoms with E-state index < -0.39 is 0 Å². The second kappa shape index (κ2) is 6.82. The molecule has 2 unspecified atom stereocenters. The van der Waals surface area contributed by atoms with Gasteiger partial charge in [0.15, 0.2) is 0 Å². The first-order valence-corrected chi connectivity index (χ1v) is 11.7. The molecule has 0 aromatic carbocycles. The lowest BCUT2D eigenvalue weighted by atomic mass is 9.66. The minimum Gasteiger partial charge on any atom is -0.353 e. The van der Waals surface area contributed by atoms with Crippen LogP contribution in [-0.4, -0.2) is 27.5 Å². The van der Waals surface area contributed by atoms with Crippen molar-refractivity contribution in [2.75, 3.05) is 11.5 Å². The summed E-state index contributed by atoms with van der Waals surface area (Å²) in [6.07, 6.45) is 11.4. The summed E-state index contributed by atoms with van der Waals surface area (Å²) in [4.78, 5) is 12.9. The minimum atomic E-state index is 0.303. The minimum absolute atomic E-state index is 0.303. The summed E-state index contributed by atoms with van der Waals surface area (Å²) in [5, 5.41) is 3.42.